The van der Waals surface area contributed by atoms with E-state index in [0.717, 1.165) is 44.3 Å². The van der Waals surface area contributed by atoms with E-state index in [-0.39, 0.29) is 6.61 Å². The molecule has 0 aromatic carbocycles. The van der Waals surface area contributed by atoms with Crippen molar-refractivity contribution in [1.82, 2.24) is 5.32 Å². The van der Waals surface area contributed by atoms with Gasteiger partial charge in [-0.25, -0.2) is 4.79 Å². The van der Waals surface area contributed by atoms with Gasteiger partial charge in [0.2, 0.25) is 0 Å². The molecule has 0 fully saturated rings. The van der Waals surface area contributed by atoms with E-state index in [1.807, 2.05) is 0 Å². The summed E-state index contributed by atoms with van der Waals surface area (Å²) in [6, 6.07) is -1.81. The van der Waals surface area contributed by atoms with Crippen molar-refractivity contribution < 1.29 is 45.1 Å². The Morgan fingerprint density at radius 2 is 1.23 bits per heavy atom. The van der Waals surface area contributed by atoms with E-state index in [1.165, 1.54) is 25.7 Å². The lowest BCUT2D eigenvalue weighted by Crippen LogP contribution is -2.61. The Labute approximate surface area is 171 Å². The van der Waals surface area contributed by atoms with Gasteiger partial charge in [0.05, 0.1) is 6.61 Å². The van der Waals surface area contributed by atoms with Gasteiger partial charge in [-0.1, -0.05) is 64.7 Å². The van der Waals surface area contributed by atoms with Gasteiger partial charge in [0.15, 0.2) is 0 Å². The van der Waals surface area contributed by atoms with E-state index >= 15 is 0 Å². The number of hydrogen-bond acceptors (Lipinski definition) is 3. The first-order valence-corrected chi connectivity index (χ1v) is 10.1. The number of carbonyl (C=O) groups excluding carboxylic acids is 2. The van der Waals surface area contributed by atoms with Crippen LogP contribution in [0.5, 0.6) is 0 Å². The van der Waals surface area contributed by atoms with Gasteiger partial charge in [-0.05, 0) is 13.3 Å². The van der Waals surface area contributed by atoms with Crippen LogP contribution in [0.1, 0.15) is 78.1 Å². The Morgan fingerprint density at radius 3 is 1.67 bits per heavy atom. The van der Waals surface area contributed by atoms with E-state index in [2.05, 4.69) is 6.92 Å². The number of rotatable bonds is 15. The minimum absolute atomic E-state index is 0.0787. The summed E-state index contributed by atoms with van der Waals surface area (Å²) in [5.74, 6) is -16.8. The maximum Gasteiger partial charge on any atom is 0.460 e. The molecule has 0 heterocycles. The van der Waals surface area contributed by atoms with E-state index in [9.17, 15) is 40.3 Å². The van der Waals surface area contributed by atoms with Crippen molar-refractivity contribution in [2.24, 2.45) is 0 Å². The van der Waals surface area contributed by atoms with Crippen LogP contribution in [-0.2, 0) is 14.3 Å². The van der Waals surface area contributed by atoms with Crippen LogP contribution in [0.2, 0.25) is 0 Å². The Balaban J connectivity index is 4.13. The molecule has 0 aromatic rings. The smallest absolute Gasteiger partial charge is 0.460 e. The minimum Gasteiger partial charge on any atom is -0.464 e. The SMILES string of the molecule is CCCCCCCCCCCCOC(=O)[C@H](C)NC(=O)C(F)(F)C(F)(F)C(F)(F)F. The third-order valence-corrected chi connectivity index (χ3v) is 4.48. The van der Waals surface area contributed by atoms with Crippen LogP contribution >= 0.6 is 0 Å². The Kier molecular flexibility index (Phi) is 12.3. The predicted octanol–water partition coefficient (Wildman–Crippen LogP) is 5.79. The molecule has 1 atom stereocenters. The third-order valence-electron chi connectivity index (χ3n) is 4.48. The molecule has 0 spiro atoms. The van der Waals surface area contributed by atoms with Crippen LogP contribution in [0, 0.1) is 0 Å². The number of hydrogen-bond donors (Lipinski definition) is 1. The summed E-state index contributed by atoms with van der Waals surface area (Å²) in [7, 11) is 0. The van der Waals surface area contributed by atoms with Gasteiger partial charge in [-0.3, -0.25) is 4.79 Å². The first kappa shape index (κ1) is 28.5. The molecule has 178 valence electrons. The molecule has 0 rings (SSSR count). The quantitative estimate of drug-likeness (QED) is 0.194. The van der Waals surface area contributed by atoms with Crippen LogP contribution in [-0.4, -0.2) is 42.5 Å². The van der Waals surface area contributed by atoms with Crippen molar-refractivity contribution in [3.63, 3.8) is 0 Å². The molecule has 11 heteroatoms. The molecule has 0 saturated heterocycles. The maximum absolute atomic E-state index is 13.2. The molecule has 1 amide bonds. The van der Waals surface area contributed by atoms with Gasteiger partial charge in [0, 0.05) is 0 Å². The van der Waals surface area contributed by atoms with E-state index in [4.69, 9.17) is 4.74 Å². The summed E-state index contributed by atoms with van der Waals surface area (Å²) in [5.41, 5.74) is 0. The highest BCUT2D eigenvalue weighted by atomic mass is 19.4. The summed E-state index contributed by atoms with van der Waals surface area (Å²) in [4.78, 5) is 22.8. The van der Waals surface area contributed by atoms with Crippen molar-refractivity contribution in [2.75, 3.05) is 6.61 Å². The lowest BCUT2D eigenvalue weighted by atomic mass is 10.1. The largest absolute Gasteiger partial charge is 0.464 e. The van der Waals surface area contributed by atoms with E-state index in [1.54, 1.807) is 0 Å². The van der Waals surface area contributed by atoms with Gasteiger partial charge < -0.3 is 10.1 Å². The Hall–Kier alpha value is -1.55. The normalized spacial score (nSPS) is 13.8. The van der Waals surface area contributed by atoms with E-state index < -0.39 is 35.9 Å². The van der Waals surface area contributed by atoms with Gasteiger partial charge in [-0.15, -0.1) is 0 Å². The molecule has 0 aliphatic rings. The zero-order valence-corrected chi connectivity index (χ0v) is 17.2. The van der Waals surface area contributed by atoms with Crippen LogP contribution in [0.3, 0.4) is 0 Å². The number of ether oxygens (including phenoxy) is 1. The number of esters is 1. The summed E-state index contributed by atoms with van der Waals surface area (Å²) >= 11 is 0. The highest BCUT2D eigenvalue weighted by Gasteiger charge is 2.76. The summed E-state index contributed by atoms with van der Waals surface area (Å²) in [5, 5.41) is 1.14. The average molecular weight is 453 g/mol. The van der Waals surface area contributed by atoms with Crippen LogP contribution in [0.15, 0.2) is 0 Å². The number of amides is 1. The molecule has 0 bridgehead atoms. The monoisotopic (exact) mass is 453 g/mol. The average Bonchev–Trinajstić information content (AvgIpc) is 2.64. The van der Waals surface area contributed by atoms with Crippen molar-refractivity contribution in [3.05, 3.63) is 0 Å². The van der Waals surface area contributed by atoms with Crippen molar-refractivity contribution in [3.8, 4) is 0 Å². The number of nitrogens with one attached hydrogen (secondary N) is 1. The molecule has 0 aromatic heterocycles. The molecule has 0 unspecified atom stereocenters. The first-order valence-electron chi connectivity index (χ1n) is 10.1. The van der Waals surface area contributed by atoms with Crippen molar-refractivity contribution >= 4 is 11.9 Å². The highest BCUT2D eigenvalue weighted by Crippen LogP contribution is 2.46. The number of unbranched alkanes of at least 4 members (excludes halogenated alkanes) is 9. The molecule has 30 heavy (non-hydrogen) atoms. The summed E-state index contributed by atoms with van der Waals surface area (Å²) in [6.45, 7) is 2.91. The first-order chi connectivity index (χ1) is 13.8. The minimum atomic E-state index is -6.63. The lowest BCUT2D eigenvalue weighted by molar-refractivity contribution is -0.344. The fourth-order valence-electron chi connectivity index (χ4n) is 2.55. The molecule has 0 aliphatic carbocycles. The van der Waals surface area contributed by atoms with Gasteiger partial charge in [0.25, 0.3) is 5.91 Å². The fraction of sp³-hybridized carbons (Fsp3) is 0.895. The Morgan fingerprint density at radius 1 is 0.800 bits per heavy atom. The van der Waals surface area contributed by atoms with Crippen LogP contribution in [0.4, 0.5) is 30.7 Å². The van der Waals surface area contributed by atoms with Crippen LogP contribution in [0.25, 0.3) is 0 Å². The van der Waals surface area contributed by atoms with Gasteiger partial charge in [0.1, 0.15) is 6.04 Å². The standard InChI is InChI=1S/C19H30F7NO3/c1-3-4-5-6-7-8-9-10-11-12-13-30-15(28)14(2)27-16(29)17(20,21)18(22,23)19(24,25)26/h14H,3-13H2,1-2H3,(H,27,29)/t14-/m0/s1. The Bertz CT molecular complexity index is 525. The predicted molar refractivity (Wildman–Crippen MR) is 96.4 cm³/mol. The lowest BCUT2D eigenvalue weighted by Gasteiger charge is -2.27. The van der Waals surface area contributed by atoms with E-state index in [0.29, 0.717) is 6.42 Å². The maximum atomic E-state index is 13.2. The number of carbonyl (C=O) groups is 2. The van der Waals surface area contributed by atoms with Crippen LogP contribution < -0.4 is 5.32 Å². The number of halogens is 7. The topological polar surface area (TPSA) is 55.4 Å². The van der Waals surface area contributed by atoms with Gasteiger partial charge in [-0.2, -0.15) is 30.7 Å². The summed E-state index contributed by atoms with van der Waals surface area (Å²) < 4.78 is 93.0. The molecular formula is C19H30F7NO3. The van der Waals surface area contributed by atoms with Gasteiger partial charge >= 0.3 is 24.0 Å². The zero-order chi connectivity index (χ0) is 23.4. The fourth-order valence-corrected chi connectivity index (χ4v) is 2.55. The second-order valence-corrected chi connectivity index (χ2v) is 7.19. The molecular weight excluding hydrogens is 423 g/mol. The van der Waals surface area contributed by atoms with Crippen molar-refractivity contribution in [2.45, 2.75) is 102 Å². The molecule has 4 nitrogen and oxygen atoms in total. The second kappa shape index (κ2) is 13.0. The number of alkyl halides is 7. The molecule has 0 saturated carbocycles. The van der Waals surface area contributed by atoms with Crippen molar-refractivity contribution in [1.29, 1.82) is 0 Å². The molecule has 0 radical (unpaired) electrons. The second-order valence-electron chi connectivity index (χ2n) is 7.19. The third kappa shape index (κ3) is 9.07. The highest BCUT2D eigenvalue weighted by molar-refractivity contribution is 5.89. The summed E-state index contributed by atoms with van der Waals surface area (Å²) in [6.07, 6.45) is 3.62. The molecule has 0 aliphatic heterocycles. The zero-order valence-electron chi connectivity index (χ0n) is 17.2. The molecule has 1 N–H and O–H groups in total.